The number of anilines is 1. The van der Waals surface area contributed by atoms with Crippen LogP contribution in [-0.2, 0) is 0 Å². The Morgan fingerprint density at radius 2 is 1.55 bits per heavy atom. The molecule has 1 heterocycles. The third-order valence-corrected chi connectivity index (χ3v) is 11.9. The Morgan fingerprint density at radius 3 is 2.05 bits per heavy atom. The van der Waals surface area contributed by atoms with Gasteiger partial charge >= 0.3 is 0 Å². The zero-order valence-electron chi connectivity index (χ0n) is 12.7. The van der Waals surface area contributed by atoms with E-state index in [1.807, 2.05) is 6.07 Å². The fraction of sp³-hybridized carbons (Fsp3) is 0.462. The average molecular weight is 363 g/mol. The molecule has 2 rings (SSSR count). The van der Waals surface area contributed by atoms with Crippen molar-refractivity contribution in [2.45, 2.75) is 39.3 Å². The maximum Gasteiger partial charge on any atom is 0.170 e. The van der Waals surface area contributed by atoms with E-state index >= 15 is 0 Å². The van der Waals surface area contributed by atoms with Crippen molar-refractivity contribution < 1.29 is 0 Å². The molecule has 1 aromatic heterocycles. The molecule has 0 unspecified atom stereocenters. The molecule has 0 atom stereocenters. The van der Waals surface area contributed by atoms with E-state index in [9.17, 15) is 0 Å². The summed E-state index contributed by atoms with van der Waals surface area (Å²) in [7, 11) is -2.98. The number of fused-ring (bicyclic) bond motifs is 1. The topological polar surface area (TPSA) is 16.1 Å². The van der Waals surface area contributed by atoms with Crippen LogP contribution in [0, 0.1) is 0 Å². The van der Waals surface area contributed by atoms with Gasteiger partial charge in [-0.25, -0.2) is 4.98 Å². The van der Waals surface area contributed by atoms with Crippen molar-refractivity contribution in [3.8, 4) is 0 Å². The van der Waals surface area contributed by atoms with Crippen LogP contribution in [0.2, 0.25) is 49.3 Å². The normalized spacial score (nSPS) is 13.0. The summed E-state index contributed by atoms with van der Waals surface area (Å²) < 4.78 is 3.67. The van der Waals surface area contributed by atoms with Crippen LogP contribution in [0.1, 0.15) is 0 Å². The maximum atomic E-state index is 6.27. The molecule has 0 N–H and O–H groups in total. The number of nitrogens with zero attached hydrogens (tertiary/aromatic N) is 2. The van der Waals surface area contributed by atoms with Crippen LogP contribution in [0.3, 0.4) is 0 Å². The molecule has 20 heavy (non-hydrogen) atoms. The molecule has 110 valence electrons. The van der Waals surface area contributed by atoms with E-state index in [4.69, 9.17) is 28.2 Å². The number of hydrogen-bond acceptors (Lipinski definition) is 3. The van der Waals surface area contributed by atoms with Gasteiger partial charge in [0.25, 0.3) is 0 Å². The van der Waals surface area contributed by atoms with Crippen molar-refractivity contribution in [1.82, 2.24) is 4.98 Å². The summed E-state index contributed by atoms with van der Waals surface area (Å²) in [4.78, 5) is 4.81. The quantitative estimate of drug-likeness (QED) is 0.614. The molecule has 0 radical (unpaired) electrons. The molecular weight excluding hydrogens is 343 g/mol. The highest BCUT2D eigenvalue weighted by atomic mass is 35.5. The van der Waals surface area contributed by atoms with E-state index in [2.05, 4.69) is 43.5 Å². The first kappa shape index (κ1) is 16.3. The summed E-state index contributed by atoms with van der Waals surface area (Å²) in [5.41, 5.74) is 0.873. The molecule has 0 saturated heterocycles. The number of aromatic nitrogens is 1. The second-order valence-corrected chi connectivity index (χ2v) is 18.8. The molecule has 2 nitrogen and oxygen atoms in total. The zero-order chi connectivity index (χ0) is 15.3. The fourth-order valence-electron chi connectivity index (χ4n) is 2.62. The zero-order valence-corrected chi connectivity index (χ0v) is 17.0. The van der Waals surface area contributed by atoms with Crippen molar-refractivity contribution in [1.29, 1.82) is 0 Å². The molecule has 0 bridgehead atoms. The Morgan fingerprint density at radius 1 is 1.00 bits per heavy atom. The summed E-state index contributed by atoms with van der Waals surface area (Å²) >= 11 is 14.1. The predicted molar refractivity (Wildman–Crippen MR) is 98.8 cm³/mol. The van der Waals surface area contributed by atoms with Crippen molar-refractivity contribution >= 4 is 66.4 Å². The van der Waals surface area contributed by atoms with Gasteiger partial charge in [-0.1, -0.05) is 73.8 Å². The number of thiazole rings is 1. The molecule has 0 saturated carbocycles. The highest BCUT2D eigenvalue weighted by molar-refractivity contribution is 7.24. The predicted octanol–water partition coefficient (Wildman–Crippen LogP) is 6.08. The van der Waals surface area contributed by atoms with Gasteiger partial charge in [0.15, 0.2) is 5.13 Å². The maximum absolute atomic E-state index is 6.27. The molecule has 0 amide bonds. The minimum atomic E-state index is -1.49. The van der Waals surface area contributed by atoms with E-state index < -0.39 is 16.5 Å². The Bertz CT molecular complexity index is 630. The Balaban J connectivity index is 2.64. The van der Waals surface area contributed by atoms with E-state index in [0.717, 1.165) is 15.3 Å². The minimum absolute atomic E-state index is 0.640. The number of hydrogen-bond donors (Lipinski definition) is 0. The number of halogens is 2. The van der Waals surface area contributed by atoms with Gasteiger partial charge in [0.1, 0.15) is 22.0 Å². The third-order valence-electron chi connectivity index (χ3n) is 2.93. The average Bonchev–Trinajstić information content (AvgIpc) is 2.55. The molecule has 7 heteroatoms. The Kier molecular flexibility index (Phi) is 4.30. The van der Waals surface area contributed by atoms with Gasteiger partial charge < -0.3 is 4.23 Å². The van der Waals surface area contributed by atoms with Crippen LogP contribution in [0.4, 0.5) is 5.13 Å². The summed E-state index contributed by atoms with van der Waals surface area (Å²) in [5, 5.41) is 2.41. The number of rotatable bonds is 3. The molecular formula is C13H20Cl2N2SSi2. The summed E-state index contributed by atoms with van der Waals surface area (Å²) in [6.45, 7) is 14.2. The van der Waals surface area contributed by atoms with Gasteiger partial charge in [-0.15, -0.1) is 0 Å². The van der Waals surface area contributed by atoms with Crippen LogP contribution < -0.4 is 4.23 Å². The van der Waals surface area contributed by atoms with Crippen molar-refractivity contribution in [3.05, 3.63) is 22.2 Å². The highest BCUT2D eigenvalue weighted by Crippen LogP contribution is 2.38. The van der Waals surface area contributed by atoms with Crippen LogP contribution in [0.5, 0.6) is 0 Å². The summed E-state index contributed by atoms with van der Waals surface area (Å²) in [6.07, 6.45) is 0. The van der Waals surface area contributed by atoms with Crippen LogP contribution >= 0.6 is 34.5 Å². The first-order chi connectivity index (χ1) is 9.00. The lowest BCUT2D eigenvalue weighted by Crippen LogP contribution is -2.59. The van der Waals surface area contributed by atoms with Crippen LogP contribution in [0.25, 0.3) is 10.2 Å². The first-order valence-electron chi connectivity index (χ1n) is 6.56. The smallest absolute Gasteiger partial charge is 0.170 e. The van der Waals surface area contributed by atoms with Crippen molar-refractivity contribution in [2.75, 3.05) is 4.23 Å². The third kappa shape index (κ3) is 3.22. The number of benzene rings is 1. The minimum Gasteiger partial charge on any atom is -0.401 e. The molecule has 1 aromatic carbocycles. The van der Waals surface area contributed by atoms with Gasteiger partial charge in [-0.3, -0.25) is 0 Å². The lowest BCUT2D eigenvalue weighted by Gasteiger charge is -2.43. The van der Waals surface area contributed by atoms with Gasteiger partial charge in [0.2, 0.25) is 0 Å². The summed E-state index contributed by atoms with van der Waals surface area (Å²) in [6, 6.07) is 3.72. The Labute approximate surface area is 136 Å². The van der Waals surface area contributed by atoms with Gasteiger partial charge in [-0.05, 0) is 12.1 Å². The standard InChI is InChI=1S/C13H20Cl2N2SSi2/c1-19(2,3)17(20(4,5)6)13-16-12-10(15)7-9(14)8-11(12)18-13/h7-8H,1-6H3. The van der Waals surface area contributed by atoms with Gasteiger partial charge in [0.05, 0.1) is 9.72 Å². The van der Waals surface area contributed by atoms with Gasteiger partial charge in [0, 0.05) is 5.02 Å². The van der Waals surface area contributed by atoms with Gasteiger partial charge in [-0.2, -0.15) is 0 Å². The summed E-state index contributed by atoms with van der Waals surface area (Å²) in [5.74, 6) is 0. The highest BCUT2D eigenvalue weighted by Gasteiger charge is 2.36. The second-order valence-electron chi connectivity index (χ2n) is 6.91. The molecule has 0 aliphatic heterocycles. The molecule has 0 aliphatic rings. The molecule has 2 aromatic rings. The van der Waals surface area contributed by atoms with Crippen molar-refractivity contribution in [2.24, 2.45) is 0 Å². The first-order valence-corrected chi connectivity index (χ1v) is 15.0. The molecule has 0 spiro atoms. The van der Waals surface area contributed by atoms with E-state index in [1.165, 1.54) is 0 Å². The Hall–Kier alpha value is -0.0762. The monoisotopic (exact) mass is 362 g/mol. The largest absolute Gasteiger partial charge is 0.401 e. The van der Waals surface area contributed by atoms with Crippen molar-refractivity contribution in [3.63, 3.8) is 0 Å². The lowest BCUT2D eigenvalue weighted by atomic mass is 10.3. The second kappa shape index (κ2) is 5.28. The SMILES string of the molecule is C[Si](C)(C)N(c1nc2c(Cl)cc(Cl)cc2s1)[Si](C)(C)C. The fourth-order valence-corrected chi connectivity index (χ4v) is 15.4. The molecule has 0 aliphatic carbocycles. The van der Waals surface area contributed by atoms with E-state index in [-0.39, 0.29) is 0 Å². The van der Waals surface area contributed by atoms with E-state index in [1.54, 1.807) is 17.4 Å². The van der Waals surface area contributed by atoms with Crippen LogP contribution in [-0.4, -0.2) is 21.5 Å². The molecule has 0 fully saturated rings. The van der Waals surface area contributed by atoms with E-state index in [0.29, 0.717) is 10.0 Å². The lowest BCUT2D eigenvalue weighted by molar-refractivity contribution is 1.31. The van der Waals surface area contributed by atoms with Crippen LogP contribution in [0.15, 0.2) is 12.1 Å².